The average molecular weight is 441 g/mol. The summed E-state index contributed by atoms with van der Waals surface area (Å²) in [6, 6.07) is 10.8. The Morgan fingerprint density at radius 2 is 1.97 bits per heavy atom. The van der Waals surface area contributed by atoms with Crippen LogP contribution in [0.5, 0.6) is 5.75 Å². The Labute approximate surface area is 184 Å². The van der Waals surface area contributed by atoms with Crippen LogP contribution in [0, 0.1) is 11.8 Å². The van der Waals surface area contributed by atoms with Crippen molar-refractivity contribution in [3.05, 3.63) is 65.0 Å². The monoisotopic (exact) mass is 441 g/mol. The summed E-state index contributed by atoms with van der Waals surface area (Å²) in [6.07, 6.45) is -1.84. The molecule has 0 aliphatic carbocycles. The van der Waals surface area contributed by atoms with Gasteiger partial charge in [0, 0.05) is 16.7 Å². The first kappa shape index (κ1) is 21.9. The van der Waals surface area contributed by atoms with Crippen LogP contribution in [0.4, 0.5) is 13.2 Å². The first-order valence-electron chi connectivity index (χ1n) is 10.5. The summed E-state index contributed by atoms with van der Waals surface area (Å²) in [5, 5.41) is 7.09. The maximum Gasteiger partial charge on any atom is 0.417 e. The number of nitrogens with zero attached hydrogens (tertiary/aromatic N) is 2. The molecule has 0 saturated carbocycles. The van der Waals surface area contributed by atoms with E-state index in [1.165, 1.54) is 12.1 Å². The quantitative estimate of drug-likeness (QED) is 0.540. The zero-order valence-electron chi connectivity index (χ0n) is 17.5. The molecule has 3 aromatic rings. The fourth-order valence-corrected chi connectivity index (χ4v) is 3.41. The number of hydrogen-bond acceptors (Lipinski definition) is 5. The molecule has 1 aromatic heterocycles. The van der Waals surface area contributed by atoms with Crippen molar-refractivity contribution in [1.29, 1.82) is 0 Å². The number of alkyl halides is 3. The van der Waals surface area contributed by atoms with E-state index in [1.54, 1.807) is 24.3 Å². The van der Waals surface area contributed by atoms with Crippen LogP contribution in [-0.2, 0) is 6.18 Å². The second-order valence-corrected chi connectivity index (χ2v) is 7.49. The van der Waals surface area contributed by atoms with E-state index in [0.29, 0.717) is 23.8 Å². The molecule has 32 heavy (non-hydrogen) atoms. The third kappa shape index (κ3) is 5.11. The van der Waals surface area contributed by atoms with E-state index >= 15 is 0 Å². The molecule has 2 aromatic carbocycles. The van der Waals surface area contributed by atoms with Gasteiger partial charge in [0.05, 0.1) is 18.2 Å². The normalized spacial score (nSPS) is 15.9. The summed E-state index contributed by atoms with van der Waals surface area (Å²) < 4.78 is 52.0. The molecule has 1 aliphatic heterocycles. The van der Waals surface area contributed by atoms with E-state index in [2.05, 4.69) is 27.3 Å². The van der Waals surface area contributed by atoms with Gasteiger partial charge < -0.3 is 14.6 Å². The van der Waals surface area contributed by atoms with Crippen LogP contribution in [0.1, 0.15) is 54.8 Å². The van der Waals surface area contributed by atoms with Gasteiger partial charge in [-0.25, -0.2) is 0 Å². The number of rotatable bonds is 5. The highest BCUT2D eigenvalue weighted by Crippen LogP contribution is 2.34. The van der Waals surface area contributed by atoms with E-state index < -0.39 is 11.7 Å². The molecular formula is C24H22F3N3O2. The van der Waals surface area contributed by atoms with Gasteiger partial charge in [0.15, 0.2) is 0 Å². The van der Waals surface area contributed by atoms with Gasteiger partial charge in [-0.1, -0.05) is 23.9 Å². The average Bonchev–Trinajstić information content (AvgIpc) is 3.48. The van der Waals surface area contributed by atoms with E-state index in [9.17, 15) is 13.2 Å². The van der Waals surface area contributed by atoms with E-state index in [0.717, 1.165) is 31.9 Å². The number of nitrogens with one attached hydrogen (secondary N) is 1. The molecule has 4 rings (SSSR count). The van der Waals surface area contributed by atoms with Crippen LogP contribution in [0.25, 0.3) is 11.4 Å². The highest BCUT2D eigenvalue weighted by Gasteiger charge is 2.34. The van der Waals surface area contributed by atoms with Gasteiger partial charge in [-0.15, -0.1) is 0 Å². The van der Waals surface area contributed by atoms with Crippen LogP contribution < -0.4 is 10.1 Å². The Balaban J connectivity index is 1.59. The Morgan fingerprint density at radius 1 is 1.16 bits per heavy atom. The fraction of sp³-hybridized carbons (Fsp3) is 0.333. The van der Waals surface area contributed by atoms with Crippen molar-refractivity contribution in [3.63, 3.8) is 0 Å². The lowest BCUT2D eigenvalue weighted by Crippen LogP contribution is -2.13. The Kier molecular flexibility index (Phi) is 6.47. The van der Waals surface area contributed by atoms with E-state index in [-0.39, 0.29) is 23.0 Å². The van der Waals surface area contributed by atoms with Gasteiger partial charge in [0.2, 0.25) is 11.7 Å². The molecular weight excluding hydrogens is 419 g/mol. The molecule has 0 radical (unpaired) electrons. The van der Waals surface area contributed by atoms with Gasteiger partial charge in [0.25, 0.3) is 0 Å². The summed E-state index contributed by atoms with van der Waals surface area (Å²) in [6.45, 7) is 3.46. The maximum atomic E-state index is 13.7. The smallest absolute Gasteiger partial charge is 0.417 e. The van der Waals surface area contributed by atoms with Crippen molar-refractivity contribution >= 4 is 0 Å². The molecule has 2 heterocycles. The first-order valence-corrected chi connectivity index (χ1v) is 10.5. The molecule has 1 fully saturated rings. The van der Waals surface area contributed by atoms with Crippen LogP contribution >= 0.6 is 0 Å². The number of halogens is 3. The molecule has 1 N–H and O–H groups in total. The summed E-state index contributed by atoms with van der Waals surface area (Å²) in [5.74, 6) is 6.65. The topological polar surface area (TPSA) is 60.2 Å². The predicted octanol–water partition coefficient (Wildman–Crippen LogP) is 5.37. The molecule has 0 bridgehead atoms. The largest absolute Gasteiger partial charge is 0.494 e. The van der Waals surface area contributed by atoms with Gasteiger partial charge in [-0.2, -0.15) is 18.2 Å². The van der Waals surface area contributed by atoms with Crippen molar-refractivity contribution in [1.82, 2.24) is 15.5 Å². The van der Waals surface area contributed by atoms with Crippen LogP contribution in [0.15, 0.2) is 47.0 Å². The van der Waals surface area contributed by atoms with Crippen molar-refractivity contribution < 1.29 is 22.4 Å². The molecule has 0 amide bonds. The van der Waals surface area contributed by atoms with Crippen LogP contribution in [0.2, 0.25) is 0 Å². The highest BCUT2D eigenvalue weighted by atomic mass is 19.4. The van der Waals surface area contributed by atoms with Crippen molar-refractivity contribution in [3.8, 4) is 29.0 Å². The van der Waals surface area contributed by atoms with Crippen molar-refractivity contribution in [2.45, 2.75) is 38.4 Å². The summed E-state index contributed by atoms with van der Waals surface area (Å²) >= 11 is 0. The Hall–Kier alpha value is -3.31. The summed E-state index contributed by atoms with van der Waals surface area (Å²) in [7, 11) is 0. The van der Waals surface area contributed by atoms with Gasteiger partial charge >= 0.3 is 6.18 Å². The second kappa shape index (κ2) is 9.45. The third-order valence-electron chi connectivity index (χ3n) is 5.05. The predicted molar refractivity (Wildman–Crippen MR) is 113 cm³/mol. The van der Waals surface area contributed by atoms with Crippen molar-refractivity contribution in [2.75, 3.05) is 13.2 Å². The van der Waals surface area contributed by atoms with Crippen molar-refractivity contribution in [2.24, 2.45) is 0 Å². The number of hydrogen-bond donors (Lipinski definition) is 1. The number of benzene rings is 2. The summed E-state index contributed by atoms with van der Waals surface area (Å²) in [5.41, 5.74) is -0.129. The minimum Gasteiger partial charge on any atom is -0.494 e. The van der Waals surface area contributed by atoms with Crippen LogP contribution in [0.3, 0.4) is 0 Å². The first-order chi connectivity index (χ1) is 15.4. The lowest BCUT2D eigenvalue weighted by atomic mass is 10.0. The SMILES string of the molecule is CCCOc1ccc(C#Cc2ccc(-c3noc([C@@H]4CCCN4)n3)cc2C(F)(F)F)cc1. The van der Waals surface area contributed by atoms with Gasteiger partial charge in [-0.3, -0.25) is 0 Å². The molecule has 8 heteroatoms. The molecule has 0 spiro atoms. The molecule has 0 unspecified atom stereocenters. The van der Waals surface area contributed by atoms with E-state index in [1.807, 2.05) is 6.92 Å². The summed E-state index contributed by atoms with van der Waals surface area (Å²) in [4.78, 5) is 4.28. The fourth-order valence-electron chi connectivity index (χ4n) is 3.41. The minimum atomic E-state index is -4.57. The second-order valence-electron chi connectivity index (χ2n) is 7.49. The molecule has 5 nitrogen and oxygen atoms in total. The maximum absolute atomic E-state index is 13.7. The Morgan fingerprint density at radius 3 is 2.66 bits per heavy atom. The standard InChI is InChI=1S/C24H22F3N3O2/c1-2-14-31-19-11-6-16(7-12-19)5-8-17-9-10-18(15-20(17)24(25,26)27)22-29-23(32-30-22)21-4-3-13-28-21/h6-7,9-12,15,21,28H,2-4,13-14H2,1H3/t21-/m0/s1. The van der Waals surface area contributed by atoms with Crippen LogP contribution in [-0.4, -0.2) is 23.3 Å². The highest BCUT2D eigenvalue weighted by molar-refractivity contribution is 5.60. The molecule has 166 valence electrons. The molecule has 1 saturated heterocycles. The lowest BCUT2D eigenvalue weighted by Gasteiger charge is -2.10. The zero-order valence-corrected chi connectivity index (χ0v) is 17.5. The third-order valence-corrected chi connectivity index (χ3v) is 5.05. The van der Waals surface area contributed by atoms with Gasteiger partial charge in [0.1, 0.15) is 5.75 Å². The number of ether oxygens (including phenoxy) is 1. The van der Waals surface area contributed by atoms with E-state index in [4.69, 9.17) is 9.26 Å². The molecule has 1 aliphatic rings. The number of aromatic nitrogens is 2. The Bertz CT molecular complexity index is 1120. The zero-order chi connectivity index (χ0) is 22.6. The van der Waals surface area contributed by atoms with Gasteiger partial charge in [-0.05, 0) is 68.3 Å². The lowest BCUT2D eigenvalue weighted by molar-refractivity contribution is -0.137. The minimum absolute atomic E-state index is 0.0535. The molecule has 1 atom stereocenters.